The first kappa shape index (κ1) is 26.2. The van der Waals surface area contributed by atoms with Crippen LogP contribution in [-0.2, 0) is 0 Å². The molecule has 0 spiro atoms. The van der Waals surface area contributed by atoms with E-state index in [0.717, 1.165) is 52.1 Å². The monoisotopic (exact) mass is 480 g/mol. The molecular weight excluding hydrogens is 444 g/mol. The van der Waals surface area contributed by atoms with Crippen LogP contribution in [-0.4, -0.2) is 69.2 Å². The minimum atomic E-state index is 0.594. The zero-order valence-corrected chi connectivity index (χ0v) is 21.7. The summed E-state index contributed by atoms with van der Waals surface area (Å²) in [6, 6.07) is 0. The van der Waals surface area contributed by atoms with Crippen molar-refractivity contribution in [3.63, 3.8) is 0 Å². The van der Waals surface area contributed by atoms with E-state index in [2.05, 4.69) is 91.9 Å². The Kier molecular flexibility index (Phi) is 11.6. The molecule has 2 N–H and O–H groups in total. The zero-order valence-electron chi connectivity index (χ0n) is 20.1. The fourth-order valence-electron chi connectivity index (χ4n) is 2.77. The largest absolute Gasteiger partial charge is 0.354 e. The molecule has 0 aromatic carbocycles. The summed E-state index contributed by atoms with van der Waals surface area (Å²) >= 11 is 0. The first-order chi connectivity index (χ1) is 15.6. The molecule has 32 heavy (non-hydrogen) atoms. The molecule has 2 aromatic rings. The molecule has 0 radical (unpaired) electrons. The zero-order chi connectivity index (χ0) is 23.3. The van der Waals surface area contributed by atoms with E-state index in [9.17, 15) is 0 Å². The highest BCUT2D eigenvalue weighted by atomic mass is 33.1. The summed E-state index contributed by atoms with van der Waals surface area (Å²) in [7, 11) is 2.86. The number of hydrogen-bond acceptors (Lipinski definition) is 12. The molecule has 0 bridgehead atoms. The second-order valence-corrected chi connectivity index (χ2v) is 8.91. The molecule has 2 heterocycles. The van der Waals surface area contributed by atoms with Gasteiger partial charge in [-0.05, 0) is 62.1 Å². The van der Waals surface area contributed by atoms with Crippen LogP contribution in [0.3, 0.4) is 0 Å². The Morgan fingerprint density at radius 3 is 1.25 bits per heavy atom. The fraction of sp³-hybridized carbons (Fsp3) is 0.700. The maximum Gasteiger partial charge on any atom is 0.231 e. The van der Waals surface area contributed by atoms with Gasteiger partial charge in [-0.3, -0.25) is 0 Å². The topological polar surface area (TPSA) is 108 Å². The van der Waals surface area contributed by atoms with E-state index in [1.165, 1.54) is 21.6 Å². The lowest BCUT2D eigenvalue weighted by Gasteiger charge is -2.20. The third kappa shape index (κ3) is 7.80. The molecule has 0 saturated carbocycles. The number of anilines is 4. The third-order valence-electron chi connectivity index (χ3n) is 4.56. The molecule has 0 amide bonds. The Hall–Kier alpha value is -2.08. The Morgan fingerprint density at radius 1 is 0.562 bits per heavy atom. The number of aromatic nitrogens is 6. The Bertz CT molecular complexity index is 747. The predicted molar refractivity (Wildman–Crippen MR) is 136 cm³/mol. The minimum absolute atomic E-state index is 0.594. The number of hydrogen-bond donors (Lipinski definition) is 2. The van der Waals surface area contributed by atoms with E-state index in [-0.39, 0.29) is 0 Å². The lowest BCUT2D eigenvalue weighted by atomic mass is 10.5. The first-order valence-corrected chi connectivity index (χ1v) is 13.6. The standard InChI is InChI=1S/C20H36N10S2/c1-7-13-21-15-23-17(29(9-3)10-4)27-19(25-15)31-32-20-26-16(22-14-8-2)24-18(28-20)30(11-5)12-6/h7-14H2,1-6H3,(H,21,23,25,27)(H,22,24,26,28). The maximum absolute atomic E-state index is 4.67. The average molecular weight is 481 g/mol. The van der Waals surface area contributed by atoms with Crippen LogP contribution in [0.2, 0.25) is 0 Å². The average Bonchev–Trinajstić information content (AvgIpc) is 2.81. The number of rotatable bonds is 15. The van der Waals surface area contributed by atoms with Gasteiger partial charge in [-0.1, -0.05) is 13.8 Å². The molecule has 2 rings (SSSR count). The van der Waals surface area contributed by atoms with Gasteiger partial charge in [-0.25, -0.2) is 0 Å². The van der Waals surface area contributed by atoms with Gasteiger partial charge >= 0.3 is 0 Å². The summed E-state index contributed by atoms with van der Waals surface area (Å²) in [6.07, 6.45) is 1.99. The van der Waals surface area contributed by atoms with E-state index in [1.807, 2.05) is 0 Å². The van der Waals surface area contributed by atoms with Gasteiger partial charge in [-0.15, -0.1) is 0 Å². The van der Waals surface area contributed by atoms with Crippen LogP contribution in [0, 0.1) is 0 Å². The number of nitrogens with zero attached hydrogens (tertiary/aromatic N) is 8. The van der Waals surface area contributed by atoms with Crippen molar-refractivity contribution in [1.82, 2.24) is 29.9 Å². The summed E-state index contributed by atoms with van der Waals surface area (Å²) in [5.41, 5.74) is 0. The van der Waals surface area contributed by atoms with Gasteiger partial charge in [0.05, 0.1) is 0 Å². The maximum atomic E-state index is 4.67. The van der Waals surface area contributed by atoms with Gasteiger partial charge in [-0.2, -0.15) is 29.9 Å². The summed E-state index contributed by atoms with van der Waals surface area (Å²) in [5.74, 6) is 2.54. The molecule has 0 aliphatic heterocycles. The highest BCUT2D eigenvalue weighted by molar-refractivity contribution is 8.76. The van der Waals surface area contributed by atoms with Crippen LogP contribution in [0.1, 0.15) is 54.4 Å². The normalized spacial score (nSPS) is 10.8. The second-order valence-electron chi connectivity index (χ2n) is 6.85. The van der Waals surface area contributed by atoms with Gasteiger partial charge < -0.3 is 20.4 Å². The van der Waals surface area contributed by atoms with E-state index in [0.29, 0.717) is 34.1 Å². The SMILES string of the molecule is CCCNc1nc(SSc2nc(NCCC)nc(N(CC)CC)n2)nc(N(CC)CC)n1. The van der Waals surface area contributed by atoms with Crippen molar-refractivity contribution < 1.29 is 0 Å². The van der Waals surface area contributed by atoms with Crippen molar-refractivity contribution in [2.75, 3.05) is 59.7 Å². The third-order valence-corrected chi connectivity index (χ3v) is 6.45. The van der Waals surface area contributed by atoms with Crippen molar-refractivity contribution >= 4 is 45.4 Å². The predicted octanol–water partition coefficient (Wildman–Crippen LogP) is 4.19. The summed E-state index contributed by atoms with van der Waals surface area (Å²) < 4.78 is 0. The molecule has 0 saturated heterocycles. The van der Waals surface area contributed by atoms with Gasteiger partial charge in [0.15, 0.2) is 0 Å². The second kappa shape index (κ2) is 14.1. The van der Waals surface area contributed by atoms with Gasteiger partial charge in [0.1, 0.15) is 0 Å². The van der Waals surface area contributed by atoms with E-state index in [4.69, 9.17) is 0 Å². The van der Waals surface area contributed by atoms with Crippen LogP contribution >= 0.6 is 21.6 Å². The molecular formula is C20H36N10S2. The van der Waals surface area contributed by atoms with Crippen molar-refractivity contribution in [1.29, 1.82) is 0 Å². The van der Waals surface area contributed by atoms with E-state index >= 15 is 0 Å². The lowest BCUT2D eigenvalue weighted by molar-refractivity contribution is 0.779. The summed E-state index contributed by atoms with van der Waals surface area (Å²) in [5, 5.41) is 7.80. The highest BCUT2D eigenvalue weighted by Gasteiger charge is 2.15. The van der Waals surface area contributed by atoms with E-state index in [1.54, 1.807) is 0 Å². The molecule has 0 aliphatic carbocycles. The van der Waals surface area contributed by atoms with Crippen molar-refractivity contribution in [3.8, 4) is 0 Å². The van der Waals surface area contributed by atoms with Crippen molar-refractivity contribution in [2.45, 2.75) is 64.7 Å². The van der Waals surface area contributed by atoms with Crippen molar-refractivity contribution in [3.05, 3.63) is 0 Å². The van der Waals surface area contributed by atoms with Crippen LogP contribution in [0.4, 0.5) is 23.8 Å². The Morgan fingerprint density at radius 2 is 0.938 bits per heavy atom. The van der Waals surface area contributed by atoms with E-state index < -0.39 is 0 Å². The van der Waals surface area contributed by atoms with Crippen LogP contribution in [0.25, 0.3) is 0 Å². The lowest BCUT2D eigenvalue weighted by Crippen LogP contribution is -2.25. The van der Waals surface area contributed by atoms with Gasteiger partial charge in [0.25, 0.3) is 0 Å². The fourth-order valence-corrected chi connectivity index (χ4v) is 4.30. The smallest absolute Gasteiger partial charge is 0.231 e. The van der Waals surface area contributed by atoms with Gasteiger partial charge in [0, 0.05) is 39.3 Å². The minimum Gasteiger partial charge on any atom is -0.354 e. The van der Waals surface area contributed by atoms with Crippen LogP contribution < -0.4 is 20.4 Å². The Balaban J connectivity index is 2.28. The molecule has 0 aliphatic rings. The molecule has 178 valence electrons. The van der Waals surface area contributed by atoms with Crippen LogP contribution in [0.5, 0.6) is 0 Å². The first-order valence-electron chi connectivity index (χ1n) is 11.4. The Labute approximate surface area is 199 Å². The number of nitrogens with one attached hydrogen (secondary N) is 2. The quantitative estimate of drug-likeness (QED) is 0.357. The molecule has 12 heteroatoms. The van der Waals surface area contributed by atoms with Gasteiger partial charge in [0.2, 0.25) is 34.1 Å². The van der Waals surface area contributed by atoms with Crippen molar-refractivity contribution in [2.24, 2.45) is 0 Å². The molecule has 0 atom stereocenters. The summed E-state index contributed by atoms with van der Waals surface area (Å²) in [6.45, 7) is 17.6. The molecule has 2 aromatic heterocycles. The highest BCUT2D eigenvalue weighted by Crippen LogP contribution is 2.35. The molecule has 0 unspecified atom stereocenters. The molecule has 0 fully saturated rings. The molecule has 10 nitrogen and oxygen atoms in total. The summed E-state index contributed by atoms with van der Waals surface area (Å²) in [4.78, 5) is 31.9. The van der Waals surface area contributed by atoms with Crippen LogP contribution in [0.15, 0.2) is 10.3 Å².